The van der Waals surface area contributed by atoms with Gasteiger partial charge in [0.15, 0.2) is 0 Å². The second-order valence-electron chi connectivity index (χ2n) is 6.41. The lowest BCUT2D eigenvalue weighted by molar-refractivity contribution is -0.122. The maximum atomic E-state index is 12.4. The highest BCUT2D eigenvalue weighted by Crippen LogP contribution is 2.38. The summed E-state index contributed by atoms with van der Waals surface area (Å²) in [6, 6.07) is 3.39. The van der Waals surface area contributed by atoms with Crippen LogP contribution >= 0.6 is 0 Å². The summed E-state index contributed by atoms with van der Waals surface area (Å²) in [7, 11) is 3.22. The number of hydrogen-bond acceptors (Lipinski definition) is 5. The Kier molecular flexibility index (Phi) is 5.35. The minimum atomic E-state index is -0.386. The summed E-state index contributed by atoms with van der Waals surface area (Å²) in [4.78, 5) is 27.9. The summed E-state index contributed by atoms with van der Waals surface area (Å²) in [6.07, 6.45) is 4.68. The van der Waals surface area contributed by atoms with Gasteiger partial charge in [-0.15, -0.1) is 0 Å². The number of nitrogens with one attached hydrogen (secondary N) is 1. The molecule has 26 heavy (non-hydrogen) atoms. The zero-order valence-corrected chi connectivity index (χ0v) is 15.5. The Morgan fingerprint density at radius 1 is 1.12 bits per heavy atom. The highest BCUT2D eigenvalue weighted by atomic mass is 16.5. The number of urea groups is 1. The topological polar surface area (TPSA) is 71.1 Å². The van der Waals surface area contributed by atoms with E-state index in [-0.39, 0.29) is 17.6 Å². The lowest BCUT2D eigenvalue weighted by Gasteiger charge is -2.22. The van der Waals surface area contributed by atoms with Gasteiger partial charge in [-0.2, -0.15) is 0 Å². The average molecular weight is 359 g/mol. The van der Waals surface area contributed by atoms with Crippen molar-refractivity contribution in [2.45, 2.75) is 26.2 Å². The van der Waals surface area contributed by atoms with Crippen molar-refractivity contribution in [1.29, 1.82) is 0 Å². The Balaban J connectivity index is 1.97. The molecule has 0 unspecified atom stereocenters. The third kappa shape index (κ3) is 3.34. The molecule has 1 N–H and O–H groups in total. The number of methoxy groups -OCH3 is 2. The Morgan fingerprint density at radius 3 is 2.42 bits per heavy atom. The lowest BCUT2D eigenvalue weighted by Crippen LogP contribution is -2.31. The Bertz CT molecular complexity index is 739. The first-order valence-electron chi connectivity index (χ1n) is 8.94. The number of imide groups is 1. The minimum absolute atomic E-state index is 0.248. The van der Waals surface area contributed by atoms with Gasteiger partial charge in [0.2, 0.25) is 0 Å². The van der Waals surface area contributed by atoms with Gasteiger partial charge in [0.05, 0.1) is 19.9 Å². The van der Waals surface area contributed by atoms with E-state index in [1.165, 1.54) is 4.90 Å². The van der Waals surface area contributed by atoms with Crippen LogP contribution in [0, 0.1) is 0 Å². The summed E-state index contributed by atoms with van der Waals surface area (Å²) < 4.78 is 11.1. The number of ether oxygens (including phenoxy) is 2. The fraction of sp³-hybridized carbons (Fsp3) is 0.474. The molecular weight excluding hydrogens is 334 g/mol. The first kappa shape index (κ1) is 18.1. The van der Waals surface area contributed by atoms with Gasteiger partial charge < -0.3 is 19.7 Å². The van der Waals surface area contributed by atoms with E-state index in [0.717, 1.165) is 37.4 Å². The summed E-state index contributed by atoms with van der Waals surface area (Å²) in [5.41, 5.74) is 1.92. The Hall–Kier alpha value is -2.70. The number of benzene rings is 1. The first-order chi connectivity index (χ1) is 12.6. The SMILES string of the molecule is CCCN1C(=O)N/C(=C/c2cc(OC)c(N3CCCC3)cc2OC)C1=O. The van der Waals surface area contributed by atoms with Crippen molar-refractivity contribution in [1.82, 2.24) is 10.2 Å². The number of carbonyl (C=O) groups excluding carboxylic acids is 2. The van der Waals surface area contributed by atoms with Crippen LogP contribution in [-0.4, -0.2) is 50.7 Å². The van der Waals surface area contributed by atoms with Crippen LogP contribution in [0.3, 0.4) is 0 Å². The van der Waals surface area contributed by atoms with Crippen LogP contribution in [0.25, 0.3) is 6.08 Å². The van der Waals surface area contributed by atoms with Gasteiger partial charge in [0, 0.05) is 31.3 Å². The molecule has 140 valence electrons. The molecule has 3 amide bonds. The molecule has 0 saturated carbocycles. The lowest BCUT2D eigenvalue weighted by atomic mass is 10.1. The maximum absolute atomic E-state index is 12.4. The molecule has 0 aliphatic carbocycles. The number of carbonyl (C=O) groups is 2. The molecule has 1 aromatic rings. The van der Waals surface area contributed by atoms with E-state index >= 15 is 0 Å². The fourth-order valence-corrected chi connectivity index (χ4v) is 3.38. The second kappa shape index (κ2) is 7.68. The van der Waals surface area contributed by atoms with Crippen molar-refractivity contribution in [3.8, 4) is 11.5 Å². The summed E-state index contributed by atoms with van der Waals surface area (Å²) >= 11 is 0. The molecule has 0 bridgehead atoms. The van der Waals surface area contributed by atoms with E-state index in [1.807, 2.05) is 19.1 Å². The molecule has 0 spiro atoms. The molecule has 3 rings (SSSR count). The van der Waals surface area contributed by atoms with Gasteiger partial charge in [-0.05, 0) is 31.4 Å². The van der Waals surface area contributed by atoms with Gasteiger partial charge in [0.25, 0.3) is 5.91 Å². The third-order valence-corrected chi connectivity index (χ3v) is 4.69. The molecule has 7 heteroatoms. The molecule has 2 fully saturated rings. The normalized spacial score (nSPS) is 18.7. The Morgan fingerprint density at radius 2 is 1.81 bits per heavy atom. The van der Waals surface area contributed by atoms with Crippen molar-refractivity contribution in [2.24, 2.45) is 0 Å². The van der Waals surface area contributed by atoms with E-state index in [2.05, 4.69) is 10.2 Å². The van der Waals surface area contributed by atoms with Gasteiger partial charge in [-0.1, -0.05) is 6.92 Å². The standard InChI is InChI=1S/C19H25N3O4/c1-4-7-22-18(23)14(20-19(22)24)10-13-11-17(26-3)15(12-16(13)25-2)21-8-5-6-9-21/h10-12H,4-9H2,1-3H3,(H,20,24)/b14-10+. The van der Waals surface area contributed by atoms with Crippen molar-refractivity contribution in [3.05, 3.63) is 23.4 Å². The van der Waals surface area contributed by atoms with Crippen LogP contribution in [0.15, 0.2) is 17.8 Å². The maximum Gasteiger partial charge on any atom is 0.329 e. The van der Waals surface area contributed by atoms with E-state index < -0.39 is 0 Å². The predicted molar refractivity (Wildman–Crippen MR) is 99.5 cm³/mol. The van der Waals surface area contributed by atoms with Crippen LogP contribution < -0.4 is 19.7 Å². The quantitative estimate of drug-likeness (QED) is 0.624. The van der Waals surface area contributed by atoms with E-state index in [9.17, 15) is 9.59 Å². The molecule has 1 aromatic carbocycles. The van der Waals surface area contributed by atoms with Crippen molar-refractivity contribution < 1.29 is 19.1 Å². The fourth-order valence-electron chi connectivity index (χ4n) is 3.38. The molecule has 2 heterocycles. The van der Waals surface area contributed by atoms with Crippen LogP contribution in [0.4, 0.5) is 10.5 Å². The van der Waals surface area contributed by atoms with Gasteiger partial charge in [0.1, 0.15) is 17.2 Å². The van der Waals surface area contributed by atoms with Gasteiger partial charge in [-0.3, -0.25) is 9.69 Å². The van der Waals surface area contributed by atoms with E-state index in [1.54, 1.807) is 20.3 Å². The van der Waals surface area contributed by atoms with Crippen LogP contribution in [0.5, 0.6) is 11.5 Å². The van der Waals surface area contributed by atoms with Crippen molar-refractivity contribution in [3.63, 3.8) is 0 Å². The second-order valence-corrected chi connectivity index (χ2v) is 6.41. The predicted octanol–water partition coefficient (Wildman–Crippen LogP) is 2.61. The van der Waals surface area contributed by atoms with Gasteiger partial charge >= 0.3 is 6.03 Å². The number of rotatable bonds is 6. The summed E-state index contributed by atoms with van der Waals surface area (Å²) in [5.74, 6) is 1.04. The number of nitrogens with zero attached hydrogens (tertiary/aromatic N) is 2. The van der Waals surface area contributed by atoms with Gasteiger partial charge in [-0.25, -0.2) is 4.79 Å². The Labute approximate surface area is 153 Å². The molecule has 0 radical (unpaired) electrons. The molecule has 0 aromatic heterocycles. The highest BCUT2D eigenvalue weighted by Gasteiger charge is 2.33. The molecule has 2 aliphatic rings. The van der Waals surface area contributed by atoms with Crippen molar-refractivity contribution >= 4 is 23.7 Å². The number of anilines is 1. The van der Waals surface area contributed by atoms with E-state index in [4.69, 9.17) is 9.47 Å². The van der Waals surface area contributed by atoms with Crippen molar-refractivity contribution in [2.75, 3.05) is 38.8 Å². The van der Waals surface area contributed by atoms with E-state index in [0.29, 0.717) is 24.3 Å². The molecule has 0 atom stereocenters. The summed E-state index contributed by atoms with van der Waals surface area (Å²) in [5, 5.41) is 2.64. The van der Waals surface area contributed by atoms with Crippen LogP contribution in [0.2, 0.25) is 0 Å². The molecule has 2 aliphatic heterocycles. The average Bonchev–Trinajstić information content (AvgIpc) is 3.26. The summed E-state index contributed by atoms with van der Waals surface area (Å²) in [6.45, 7) is 4.30. The van der Waals surface area contributed by atoms with Crippen LogP contribution in [0.1, 0.15) is 31.7 Å². The zero-order chi connectivity index (χ0) is 18.7. The molecule has 2 saturated heterocycles. The number of hydrogen-bond donors (Lipinski definition) is 1. The first-order valence-corrected chi connectivity index (χ1v) is 8.94. The zero-order valence-electron chi connectivity index (χ0n) is 15.5. The monoisotopic (exact) mass is 359 g/mol. The van der Waals surface area contributed by atoms with Crippen LogP contribution in [-0.2, 0) is 4.79 Å². The molecular formula is C19H25N3O4. The highest BCUT2D eigenvalue weighted by molar-refractivity contribution is 6.14. The minimum Gasteiger partial charge on any atom is -0.496 e. The largest absolute Gasteiger partial charge is 0.496 e. The molecule has 7 nitrogen and oxygen atoms in total. The third-order valence-electron chi connectivity index (χ3n) is 4.69. The number of amides is 3. The smallest absolute Gasteiger partial charge is 0.329 e.